The van der Waals surface area contributed by atoms with Crippen LogP contribution < -0.4 is 0 Å². The van der Waals surface area contributed by atoms with E-state index in [4.69, 9.17) is 9.59 Å². The second-order valence-electron chi connectivity index (χ2n) is 4.91. The molecule has 0 radical (unpaired) electrons. The molecule has 0 unspecified atom stereocenters. The third kappa shape index (κ3) is 3.25. The van der Waals surface area contributed by atoms with Crippen LogP contribution in [0.3, 0.4) is 0 Å². The lowest BCUT2D eigenvalue weighted by Crippen LogP contribution is -1.85. The minimum atomic E-state index is 0.250. The molecule has 0 N–H and O–H groups in total. The highest BCUT2D eigenvalue weighted by Gasteiger charge is 2.04. The standard InChI is InChI=1S/C18H16.CO2/c1-13-7-9-16(10-8-13)18-12-11-15-5-3-4-6-17(15)14(18)2;2-1-3/h3-12H,1-2H3;. The van der Waals surface area contributed by atoms with Crippen molar-refractivity contribution in [2.75, 3.05) is 0 Å². The van der Waals surface area contributed by atoms with Gasteiger partial charge in [0.25, 0.3) is 0 Å². The summed E-state index contributed by atoms with van der Waals surface area (Å²) in [7, 11) is 0. The molecule has 0 saturated heterocycles. The summed E-state index contributed by atoms with van der Waals surface area (Å²) in [5, 5.41) is 2.65. The summed E-state index contributed by atoms with van der Waals surface area (Å²) in [5.41, 5.74) is 5.28. The molecule has 0 aliphatic carbocycles. The van der Waals surface area contributed by atoms with Gasteiger partial charge in [-0.1, -0.05) is 66.2 Å². The lowest BCUT2D eigenvalue weighted by molar-refractivity contribution is -0.191. The number of benzene rings is 3. The number of fused-ring (bicyclic) bond motifs is 1. The normalized spacial score (nSPS) is 9.62. The fourth-order valence-electron chi connectivity index (χ4n) is 2.47. The number of hydrogen-bond donors (Lipinski definition) is 0. The van der Waals surface area contributed by atoms with Crippen molar-refractivity contribution in [2.45, 2.75) is 13.8 Å². The zero-order valence-corrected chi connectivity index (χ0v) is 12.1. The maximum absolute atomic E-state index is 8.12. The Kier molecular flexibility index (Phi) is 4.65. The maximum atomic E-state index is 8.12. The summed E-state index contributed by atoms with van der Waals surface area (Å²) in [6.07, 6.45) is 0.250. The van der Waals surface area contributed by atoms with E-state index in [-0.39, 0.29) is 6.15 Å². The molecule has 3 aromatic rings. The second kappa shape index (κ2) is 6.65. The molecule has 3 rings (SSSR count). The van der Waals surface area contributed by atoms with E-state index in [1.54, 1.807) is 0 Å². The van der Waals surface area contributed by atoms with Crippen molar-refractivity contribution in [1.82, 2.24) is 0 Å². The molecule has 0 aliphatic rings. The summed E-state index contributed by atoms with van der Waals surface area (Å²) in [6, 6.07) is 21.7. The molecule has 2 heteroatoms. The van der Waals surface area contributed by atoms with Crippen LogP contribution in [0, 0.1) is 13.8 Å². The van der Waals surface area contributed by atoms with Crippen molar-refractivity contribution in [3.05, 3.63) is 71.8 Å². The van der Waals surface area contributed by atoms with Gasteiger partial charge in [-0.15, -0.1) is 0 Å². The van der Waals surface area contributed by atoms with E-state index in [1.807, 2.05) is 0 Å². The summed E-state index contributed by atoms with van der Waals surface area (Å²) >= 11 is 0. The second-order valence-corrected chi connectivity index (χ2v) is 4.91. The molecule has 0 heterocycles. The average molecular weight is 276 g/mol. The van der Waals surface area contributed by atoms with Crippen LogP contribution in [0.1, 0.15) is 11.1 Å². The van der Waals surface area contributed by atoms with Crippen LogP contribution in [0.2, 0.25) is 0 Å². The van der Waals surface area contributed by atoms with E-state index in [1.165, 1.54) is 33.0 Å². The van der Waals surface area contributed by atoms with Crippen LogP contribution in [0.15, 0.2) is 60.7 Å². The SMILES string of the molecule is Cc1ccc(-c2ccc3ccccc3c2C)cc1.O=C=O. The molecule has 2 nitrogen and oxygen atoms in total. The Bertz CT molecular complexity index is 780. The van der Waals surface area contributed by atoms with Crippen molar-refractivity contribution < 1.29 is 9.59 Å². The van der Waals surface area contributed by atoms with Crippen LogP contribution in [-0.4, -0.2) is 6.15 Å². The molecule has 0 bridgehead atoms. The summed E-state index contributed by atoms with van der Waals surface area (Å²) < 4.78 is 0. The van der Waals surface area contributed by atoms with Gasteiger partial charge in [0, 0.05) is 0 Å². The van der Waals surface area contributed by atoms with Crippen molar-refractivity contribution >= 4 is 16.9 Å². The van der Waals surface area contributed by atoms with Gasteiger partial charge in [0.2, 0.25) is 0 Å². The van der Waals surface area contributed by atoms with Gasteiger partial charge in [0.1, 0.15) is 0 Å². The third-order valence-corrected chi connectivity index (χ3v) is 3.56. The van der Waals surface area contributed by atoms with E-state index in [9.17, 15) is 0 Å². The Labute approximate surface area is 124 Å². The minimum absolute atomic E-state index is 0.250. The predicted octanol–water partition coefficient (Wildman–Crippen LogP) is 4.54. The van der Waals surface area contributed by atoms with Gasteiger partial charge < -0.3 is 0 Å². The van der Waals surface area contributed by atoms with E-state index < -0.39 is 0 Å². The topological polar surface area (TPSA) is 34.1 Å². The summed E-state index contributed by atoms with van der Waals surface area (Å²) in [6.45, 7) is 4.33. The molecule has 21 heavy (non-hydrogen) atoms. The van der Waals surface area contributed by atoms with Crippen LogP contribution in [0.4, 0.5) is 0 Å². The van der Waals surface area contributed by atoms with E-state index >= 15 is 0 Å². The summed E-state index contributed by atoms with van der Waals surface area (Å²) in [5.74, 6) is 0. The fourth-order valence-corrected chi connectivity index (χ4v) is 2.47. The predicted molar refractivity (Wildman–Crippen MR) is 83.9 cm³/mol. The molecule has 0 saturated carbocycles. The molecular formula is C19H16O2. The highest BCUT2D eigenvalue weighted by Crippen LogP contribution is 2.29. The highest BCUT2D eigenvalue weighted by molar-refractivity contribution is 5.91. The Morgan fingerprint density at radius 1 is 0.762 bits per heavy atom. The zero-order chi connectivity index (χ0) is 15.2. The number of carbonyl (C=O) groups excluding carboxylic acids is 2. The molecular weight excluding hydrogens is 260 g/mol. The molecule has 0 fully saturated rings. The van der Waals surface area contributed by atoms with Gasteiger partial charge in [-0.3, -0.25) is 0 Å². The maximum Gasteiger partial charge on any atom is 0.373 e. The van der Waals surface area contributed by atoms with Gasteiger partial charge in [0.15, 0.2) is 0 Å². The lowest BCUT2D eigenvalue weighted by Gasteiger charge is -2.10. The minimum Gasteiger partial charge on any atom is -0.186 e. The van der Waals surface area contributed by atoms with Gasteiger partial charge in [-0.25, -0.2) is 0 Å². The lowest BCUT2D eigenvalue weighted by atomic mass is 9.95. The summed E-state index contributed by atoms with van der Waals surface area (Å²) in [4.78, 5) is 16.2. The highest BCUT2D eigenvalue weighted by atomic mass is 16.2. The Morgan fingerprint density at radius 3 is 2.05 bits per heavy atom. The zero-order valence-electron chi connectivity index (χ0n) is 12.1. The molecule has 3 aromatic carbocycles. The molecule has 0 amide bonds. The van der Waals surface area contributed by atoms with Crippen molar-refractivity contribution in [3.8, 4) is 11.1 Å². The molecule has 0 aliphatic heterocycles. The molecule has 0 atom stereocenters. The first kappa shape index (κ1) is 14.7. The van der Waals surface area contributed by atoms with Crippen molar-refractivity contribution in [3.63, 3.8) is 0 Å². The number of rotatable bonds is 1. The van der Waals surface area contributed by atoms with Gasteiger partial charge in [0.05, 0.1) is 0 Å². The van der Waals surface area contributed by atoms with Gasteiger partial charge in [-0.05, 0) is 41.3 Å². The van der Waals surface area contributed by atoms with Crippen molar-refractivity contribution in [1.29, 1.82) is 0 Å². The Hall–Kier alpha value is -2.70. The third-order valence-electron chi connectivity index (χ3n) is 3.56. The number of hydrogen-bond acceptors (Lipinski definition) is 2. The van der Waals surface area contributed by atoms with E-state index in [0.717, 1.165) is 0 Å². The largest absolute Gasteiger partial charge is 0.373 e. The first-order valence-electron chi connectivity index (χ1n) is 6.72. The van der Waals surface area contributed by atoms with Crippen LogP contribution in [0.5, 0.6) is 0 Å². The van der Waals surface area contributed by atoms with Gasteiger partial charge in [-0.2, -0.15) is 9.59 Å². The average Bonchev–Trinajstić information content (AvgIpc) is 2.50. The molecule has 0 spiro atoms. The van der Waals surface area contributed by atoms with E-state index in [2.05, 4.69) is 74.5 Å². The van der Waals surface area contributed by atoms with Gasteiger partial charge >= 0.3 is 6.15 Å². The smallest absolute Gasteiger partial charge is 0.186 e. The first-order valence-corrected chi connectivity index (χ1v) is 6.72. The van der Waals surface area contributed by atoms with Crippen LogP contribution >= 0.6 is 0 Å². The van der Waals surface area contributed by atoms with Crippen LogP contribution in [-0.2, 0) is 9.59 Å². The monoisotopic (exact) mass is 276 g/mol. The molecule has 104 valence electrons. The van der Waals surface area contributed by atoms with E-state index in [0.29, 0.717) is 0 Å². The Morgan fingerprint density at radius 2 is 1.38 bits per heavy atom. The quantitative estimate of drug-likeness (QED) is 0.654. The Balaban J connectivity index is 0.000000497. The van der Waals surface area contributed by atoms with Crippen LogP contribution in [0.25, 0.3) is 21.9 Å². The first-order chi connectivity index (χ1) is 10.2. The fraction of sp³-hybridized carbons (Fsp3) is 0.105. The van der Waals surface area contributed by atoms with Crippen molar-refractivity contribution in [2.24, 2.45) is 0 Å². The number of aryl methyl sites for hydroxylation is 2. The molecule has 0 aromatic heterocycles.